The summed E-state index contributed by atoms with van der Waals surface area (Å²) in [6.45, 7) is 8.73. The van der Waals surface area contributed by atoms with Crippen LogP contribution in [0.15, 0.2) is 12.2 Å². The van der Waals surface area contributed by atoms with Gasteiger partial charge in [0, 0.05) is 25.1 Å². The molecule has 0 saturated carbocycles. The van der Waals surface area contributed by atoms with Crippen molar-refractivity contribution in [1.29, 1.82) is 0 Å². The molecule has 0 aromatic carbocycles. The SMILES string of the molecule is CC[C@H](C)[C@H](NC(=O)[C@H](CCC(N)=O)NC(=O)[C@@H]1CCCN1C(=O)[C@@H]1CCCN1)C(=O)NC(/C=C/C(=O)O)CC(C)C. The van der Waals surface area contributed by atoms with E-state index in [0.29, 0.717) is 38.6 Å². The first-order chi connectivity index (χ1) is 19.8. The molecule has 2 aliphatic heterocycles. The van der Waals surface area contributed by atoms with Gasteiger partial charge in [0.25, 0.3) is 0 Å². The number of amides is 5. The molecule has 13 heteroatoms. The molecule has 2 heterocycles. The molecule has 2 fully saturated rings. The maximum absolute atomic E-state index is 13.5. The highest BCUT2D eigenvalue weighted by molar-refractivity contribution is 5.95. The van der Waals surface area contributed by atoms with Gasteiger partial charge in [0.1, 0.15) is 18.1 Å². The zero-order valence-electron chi connectivity index (χ0n) is 25.2. The summed E-state index contributed by atoms with van der Waals surface area (Å²) in [6, 6.07) is -3.78. The molecule has 0 aromatic heterocycles. The number of hydrogen-bond acceptors (Lipinski definition) is 7. The van der Waals surface area contributed by atoms with Crippen LogP contribution in [0.1, 0.15) is 79.1 Å². The second-order valence-electron chi connectivity index (χ2n) is 11.7. The molecule has 0 aromatic rings. The molecule has 6 atom stereocenters. The highest BCUT2D eigenvalue weighted by atomic mass is 16.4. The van der Waals surface area contributed by atoms with Gasteiger partial charge in [-0.25, -0.2) is 4.79 Å². The smallest absolute Gasteiger partial charge is 0.328 e. The van der Waals surface area contributed by atoms with Crippen LogP contribution in [0.25, 0.3) is 0 Å². The summed E-state index contributed by atoms with van der Waals surface area (Å²) >= 11 is 0. The normalized spacial score (nSPS) is 21.5. The lowest BCUT2D eigenvalue weighted by atomic mass is 9.96. The van der Waals surface area contributed by atoms with Gasteiger partial charge in [-0.2, -0.15) is 0 Å². The number of hydrogen-bond donors (Lipinski definition) is 6. The second kappa shape index (κ2) is 16.8. The molecular weight excluding hydrogens is 544 g/mol. The second-order valence-corrected chi connectivity index (χ2v) is 11.7. The topological polar surface area (TPSA) is 200 Å². The van der Waals surface area contributed by atoms with Gasteiger partial charge in [0.2, 0.25) is 29.5 Å². The minimum absolute atomic E-state index is 0.0794. The Morgan fingerprint density at radius 1 is 1.02 bits per heavy atom. The Kier molecular flexibility index (Phi) is 13.9. The van der Waals surface area contributed by atoms with E-state index < -0.39 is 53.8 Å². The van der Waals surface area contributed by atoms with Crippen molar-refractivity contribution in [1.82, 2.24) is 26.2 Å². The third-order valence-corrected chi connectivity index (χ3v) is 7.83. The first-order valence-electron chi connectivity index (χ1n) is 15.0. The number of nitrogens with zero attached hydrogens (tertiary/aromatic N) is 1. The highest BCUT2D eigenvalue weighted by Gasteiger charge is 2.39. The largest absolute Gasteiger partial charge is 0.478 e. The molecule has 2 aliphatic rings. The van der Waals surface area contributed by atoms with Gasteiger partial charge in [-0.15, -0.1) is 0 Å². The highest BCUT2D eigenvalue weighted by Crippen LogP contribution is 2.21. The molecule has 0 aliphatic carbocycles. The van der Waals surface area contributed by atoms with Gasteiger partial charge in [-0.1, -0.05) is 40.2 Å². The van der Waals surface area contributed by atoms with E-state index in [1.807, 2.05) is 20.8 Å². The van der Waals surface area contributed by atoms with Crippen LogP contribution < -0.4 is 27.0 Å². The summed E-state index contributed by atoms with van der Waals surface area (Å²) in [5.74, 6) is -3.70. The van der Waals surface area contributed by atoms with E-state index in [4.69, 9.17) is 10.8 Å². The first-order valence-corrected chi connectivity index (χ1v) is 15.0. The van der Waals surface area contributed by atoms with Gasteiger partial charge in [-0.05, 0) is 56.9 Å². The predicted octanol–water partition coefficient (Wildman–Crippen LogP) is 0.182. The molecule has 1 unspecified atom stereocenters. The van der Waals surface area contributed by atoms with Crippen LogP contribution in [0.4, 0.5) is 0 Å². The number of carbonyl (C=O) groups is 6. The Balaban J connectivity index is 2.19. The average Bonchev–Trinajstić information content (AvgIpc) is 3.64. The summed E-state index contributed by atoms with van der Waals surface area (Å²) in [5.41, 5.74) is 5.33. The van der Waals surface area contributed by atoms with Crippen LogP contribution in [0, 0.1) is 11.8 Å². The maximum atomic E-state index is 13.5. The summed E-state index contributed by atoms with van der Waals surface area (Å²) in [4.78, 5) is 77.4. The number of nitrogens with one attached hydrogen (secondary N) is 4. The third kappa shape index (κ3) is 10.7. The first kappa shape index (κ1) is 34.7. The molecule has 0 bridgehead atoms. The molecule has 2 saturated heterocycles. The standard InChI is InChI=1S/C29H48N6O7/c1-5-18(4)25(28(41)32-19(16-17(2)3)10-13-24(37)38)34-26(39)20(11-12-23(30)36)33-27(40)22-9-7-15-35(22)29(42)21-8-6-14-31-21/h10,13,17-22,25,31H,5-9,11-12,14-16H2,1-4H3,(H2,30,36)(H,32,41)(H,33,40)(H,34,39)(H,37,38)/b13-10+/t18-,19?,20-,21-,22-,25-/m0/s1. The van der Waals surface area contributed by atoms with Crippen molar-refractivity contribution in [2.75, 3.05) is 13.1 Å². The Bertz CT molecular complexity index is 1010. The minimum Gasteiger partial charge on any atom is -0.478 e. The molecule has 42 heavy (non-hydrogen) atoms. The van der Waals surface area contributed by atoms with Gasteiger partial charge in [0.15, 0.2) is 0 Å². The third-order valence-electron chi connectivity index (χ3n) is 7.83. The summed E-state index contributed by atoms with van der Waals surface area (Å²) in [6.07, 6.45) is 5.85. The average molecular weight is 593 g/mol. The quantitative estimate of drug-likeness (QED) is 0.136. The zero-order valence-corrected chi connectivity index (χ0v) is 25.2. The summed E-state index contributed by atoms with van der Waals surface area (Å²) in [7, 11) is 0. The molecule has 236 valence electrons. The Hall–Kier alpha value is -3.48. The number of likely N-dealkylation sites (tertiary alicyclic amines) is 1. The number of nitrogens with two attached hydrogens (primary N) is 1. The van der Waals surface area contributed by atoms with Crippen LogP contribution in [-0.2, 0) is 28.8 Å². The summed E-state index contributed by atoms with van der Waals surface area (Å²) in [5, 5.41) is 20.5. The van der Waals surface area contributed by atoms with Crippen molar-refractivity contribution >= 4 is 35.5 Å². The van der Waals surface area contributed by atoms with Gasteiger partial charge >= 0.3 is 5.97 Å². The van der Waals surface area contributed by atoms with Crippen LogP contribution in [0.3, 0.4) is 0 Å². The lowest BCUT2D eigenvalue weighted by Crippen LogP contribution is -2.59. The van der Waals surface area contributed by atoms with Crippen LogP contribution in [-0.4, -0.2) is 88.8 Å². The number of aliphatic carboxylic acids is 1. The fraction of sp³-hybridized carbons (Fsp3) is 0.724. The van der Waals surface area contributed by atoms with E-state index in [1.54, 1.807) is 11.8 Å². The number of carboxylic acids is 1. The van der Waals surface area contributed by atoms with Crippen molar-refractivity contribution in [3.05, 3.63) is 12.2 Å². The fourth-order valence-electron chi connectivity index (χ4n) is 5.34. The monoisotopic (exact) mass is 592 g/mol. The Labute approximate surface area is 247 Å². The van der Waals surface area contributed by atoms with E-state index in [9.17, 15) is 28.8 Å². The van der Waals surface area contributed by atoms with Crippen LogP contribution in [0.2, 0.25) is 0 Å². The predicted molar refractivity (Wildman–Crippen MR) is 156 cm³/mol. The van der Waals surface area contributed by atoms with Gasteiger partial charge in [0.05, 0.1) is 6.04 Å². The molecule has 2 rings (SSSR count). The van der Waals surface area contributed by atoms with E-state index in [1.165, 1.54) is 6.08 Å². The zero-order chi connectivity index (χ0) is 31.4. The van der Waals surface area contributed by atoms with Crippen LogP contribution >= 0.6 is 0 Å². The Morgan fingerprint density at radius 3 is 2.31 bits per heavy atom. The molecule has 13 nitrogen and oxygen atoms in total. The number of primary amides is 1. The van der Waals surface area contributed by atoms with Crippen molar-refractivity contribution in [2.24, 2.45) is 17.6 Å². The van der Waals surface area contributed by atoms with Crippen LogP contribution in [0.5, 0.6) is 0 Å². The molecule has 7 N–H and O–H groups in total. The lowest BCUT2D eigenvalue weighted by molar-refractivity contribution is -0.141. The van der Waals surface area contributed by atoms with Crippen molar-refractivity contribution in [2.45, 2.75) is 109 Å². The minimum atomic E-state index is -1.16. The molecular formula is C29H48N6O7. The van der Waals surface area contributed by atoms with E-state index >= 15 is 0 Å². The van der Waals surface area contributed by atoms with Gasteiger partial charge in [-0.3, -0.25) is 24.0 Å². The lowest BCUT2D eigenvalue weighted by Gasteiger charge is -2.30. The van der Waals surface area contributed by atoms with E-state index in [0.717, 1.165) is 19.0 Å². The fourth-order valence-corrected chi connectivity index (χ4v) is 5.34. The number of carboxylic acid groups (broad SMARTS) is 1. The number of carbonyl (C=O) groups excluding carboxylic acids is 5. The van der Waals surface area contributed by atoms with E-state index in [2.05, 4.69) is 21.3 Å². The number of rotatable bonds is 16. The molecule has 5 amide bonds. The Morgan fingerprint density at radius 2 is 1.74 bits per heavy atom. The molecule has 0 spiro atoms. The van der Waals surface area contributed by atoms with Crippen molar-refractivity contribution in [3.63, 3.8) is 0 Å². The van der Waals surface area contributed by atoms with Gasteiger partial charge < -0.3 is 37.0 Å². The maximum Gasteiger partial charge on any atom is 0.328 e. The van der Waals surface area contributed by atoms with E-state index in [-0.39, 0.29) is 36.6 Å². The van der Waals surface area contributed by atoms with Crippen molar-refractivity contribution in [3.8, 4) is 0 Å². The van der Waals surface area contributed by atoms with Crippen molar-refractivity contribution < 1.29 is 33.9 Å². The summed E-state index contributed by atoms with van der Waals surface area (Å²) < 4.78 is 0. The molecule has 0 radical (unpaired) electrons.